The summed E-state index contributed by atoms with van der Waals surface area (Å²) < 4.78 is 40.8. The van der Waals surface area contributed by atoms with Gasteiger partial charge in [0.05, 0.1) is 17.8 Å². The van der Waals surface area contributed by atoms with Gasteiger partial charge in [-0.2, -0.15) is 23.3 Å². The number of aliphatic hydroxyl groups is 1. The molecule has 2 aromatic rings. The Bertz CT molecular complexity index is 754. The maximum absolute atomic E-state index is 13.0. The molecule has 0 bridgehead atoms. The third kappa shape index (κ3) is 3.84. The predicted molar refractivity (Wildman–Crippen MR) is 85.6 cm³/mol. The Morgan fingerprint density at radius 2 is 2.12 bits per heavy atom. The van der Waals surface area contributed by atoms with Gasteiger partial charge in [0.25, 0.3) is 0 Å². The van der Waals surface area contributed by atoms with Crippen LogP contribution in [0.1, 0.15) is 50.1 Å². The zero-order valence-corrected chi connectivity index (χ0v) is 13.8. The average Bonchev–Trinajstić information content (AvgIpc) is 3.27. The number of nitrogens with one attached hydrogen (secondary N) is 2. The van der Waals surface area contributed by atoms with Crippen LogP contribution in [0.2, 0.25) is 0 Å². The number of hydrogen-bond donors (Lipinski definition) is 3. The molecule has 136 valence electrons. The van der Waals surface area contributed by atoms with E-state index in [1.807, 2.05) is 0 Å². The molecule has 3 rings (SSSR count). The molecule has 0 saturated heterocycles. The molecule has 1 unspecified atom stereocenters. The Morgan fingerprint density at radius 3 is 2.68 bits per heavy atom. The predicted octanol–water partition coefficient (Wildman–Crippen LogP) is 3.26. The maximum Gasteiger partial charge on any atom is 0.421 e. The summed E-state index contributed by atoms with van der Waals surface area (Å²) in [4.78, 5) is 7.71. The highest BCUT2D eigenvalue weighted by Crippen LogP contribution is 2.38. The highest BCUT2D eigenvalue weighted by atomic mass is 19.4. The highest BCUT2D eigenvalue weighted by molar-refractivity contribution is 5.54. The van der Waals surface area contributed by atoms with Crippen LogP contribution in [-0.2, 0) is 6.18 Å². The van der Waals surface area contributed by atoms with Gasteiger partial charge in [0.15, 0.2) is 0 Å². The van der Waals surface area contributed by atoms with E-state index in [-0.39, 0.29) is 17.8 Å². The Kier molecular flexibility index (Phi) is 4.55. The molecule has 3 N–H and O–H groups in total. The van der Waals surface area contributed by atoms with Crippen LogP contribution < -0.4 is 10.6 Å². The van der Waals surface area contributed by atoms with Crippen LogP contribution in [0, 0.1) is 0 Å². The number of halogens is 3. The summed E-state index contributed by atoms with van der Waals surface area (Å²) >= 11 is 0. The van der Waals surface area contributed by atoms with Gasteiger partial charge in [0, 0.05) is 18.8 Å². The topological polar surface area (TPSA) is 87.9 Å². The first kappa shape index (κ1) is 17.5. The standard InChI is InChI=1S/C15H19F3N6O/c1-3-19-13-10(15(16,17)18)7-20-14(22-13)21-12-6-11(8(2)25)23-24(12)9-4-5-9/h6-9,25H,3-5H2,1-2H3,(H2,19,20,21,22). The SMILES string of the molecule is CCNc1nc(Nc2cc(C(C)O)nn2C2CC2)ncc1C(F)(F)F. The molecule has 2 aromatic heterocycles. The van der Waals surface area contributed by atoms with Crippen molar-refractivity contribution in [3.05, 3.63) is 23.5 Å². The Morgan fingerprint density at radius 1 is 1.40 bits per heavy atom. The van der Waals surface area contributed by atoms with Crippen molar-refractivity contribution < 1.29 is 18.3 Å². The van der Waals surface area contributed by atoms with E-state index in [0.29, 0.717) is 18.1 Å². The van der Waals surface area contributed by atoms with Crippen molar-refractivity contribution in [2.45, 2.75) is 45.0 Å². The van der Waals surface area contributed by atoms with Gasteiger partial charge in [-0.25, -0.2) is 9.67 Å². The van der Waals surface area contributed by atoms with Crippen LogP contribution in [0.3, 0.4) is 0 Å². The second kappa shape index (κ2) is 6.51. The highest BCUT2D eigenvalue weighted by Gasteiger charge is 2.35. The van der Waals surface area contributed by atoms with E-state index in [2.05, 4.69) is 25.7 Å². The first-order valence-corrected chi connectivity index (χ1v) is 8.02. The van der Waals surface area contributed by atoms with Crippen molar-refractivity contribution in [3.8, 4) is 0 Å². The van der Waals surface area contributed by atoms with Crippen molar-refractivity contribution in [3.63, 3.8) is 0 Å². The monoisotopic (exact) mass is 356 g/mol. The summed E-state index contributed by atoms with van der Waals surface area (Å²) in [6, 6.07) is 1.87. The summed E-state index contributed by atoms with van der Waals surface area (Å²) in [7, 11) is 0. The fraction of sp³-hybridized carbons (Fsp3) is 0.533. The minimum atomic E-state index is -4.54. The smallest absolute Gasteiger partial charge is 0.387 e. The van der Waals surface area contributed by atoms with E-state index >= 15 is 0 Å². The number of anilines is 3. The Labute approximate surface area is 142 Å². The summed E-state index contributed by atoms with van der Waals surface area (Å²) in [5.41, 5.74) is -0.437. The van der Waals surface area contributed by atoms with Crippen LogP contribution in [0.5, 0.6) is 0 Å². The van der Waals surface area contributed by atoms with Crippen LogP contribution in [0.4, 0.5) is 30.8 Å². The lowest BCUT2D eigenvalue weighted by atomic mass is 10.3. The van der Waals surface area contributed by atoms with Crippen molar-refractivity contribution in [1.82, 2.24) is 19.7 Å². The largest absolute Gasteiger partial charge is 0.421 e. The summed E-state index contributed by atoms with van der Waals surface area (Å²) in [6.07, 6.45) is -2.60. The van der Waals surface area contributed by atoms with Gasteiger partial charge in [-0.3, -0.25) is 0 Å². The van der Waals surface area contributed by atoms with E-state index in [9.17, 15) is 18.3 Å². The normalized spacial score (nSPS) is 15.9. The molecule has 0 aliphatic heterocycles. The zero-order chi connectivity index (χ0) is 18.2. The number of nitrogens with zero attached hydrogens (tertiary/aromatic N) is 4. The third-order valence-corrected chi connectivity index (χ3v) is 3.75. The zero-order valence-electron chi connectivity index (χ0n) is 13.8. The number of aromatic nitrogens is 4. The van der Waals surface area contributed by atoms with E-state index in [1.54, 1.807) is 24.6 Å². The van der Waals surface area contributed by atoms with Crippen LogP contribution in [-0.4, -0.2) is 31.4 Å². The average molecular weight is 356 g/mol. The van der Waals surface area contributed by atoms with Gasteiger partial charge in [0.1, 0.15) is 17.2 Å². The number of aliphatic hydroxyl groups excluding tert-OH is 1. The Hall–Kier alpha value is -2.36. The maximum atomic E-state index is 13.0. The van der Waals surface area contributed by atoms with E-state index in [4.69, 9.17) is 0 Å². The van der Waals surface area contributed by atoms with Gasteiger partial charge in [0.2, 0.25) is 5.95 Å². The van der Waals surface area contributed by atoms with Gasteiger partial charge in [-0.05, 0) is 26.7 Å². The summed E-state index contributed by atoms with van der Waals surface area (Å²) in [5, 5.41) is 19.6. The van der Waals surface area contributed by atoms with Gasteiger partial charge >= 0.3 is 6.18 Å². The third-order valence-electron chi connectivity index (χ3n) is 3.75. The molecule has 1 atom stereocenters. The lowest BCUT2D eigenvalue weighted by Gasteiger charge is -2.14. The second-order valence-corrected chi connectivity index (χ2v) is 5.92. The first-order chi connectivity index (χ1) is 11.8. The van der Waals surface area contributed by atoms with Crippen molar-refractivity contribution >= 4 is 17.6 Å². The van der Waals surface area contributed by atoms with Crippen molar-refractivity contribution in [2.24, 2.45) is 0 Å². The van der Waals surface area contributed by atoms with E-state index in [0.717, 1.165) is 19.0 Å². The molecule has 0 radical (unpaired) electrons. The quantitative estimate of drug-likeness (QED) is 0.736. The summed E-state index contributed by atoms with van der Waals surface area (Å²) in [6.45, 7) is 3.58. The molecular weight excluding hydrogens is 337 g/mol. The lowest BCUT2D eigenvalue weighted by molar-refractivity contribution is -0.137. The molecule has 0 aromatic carbocycles. The molecule has 10 heteroatoms. The minimum Gasteiger partial charge on any atom is -0.387 e. The van der Waals surface area contributed by atoms with Crippen molar-refractivity contribution in [1.29, 1.82) is 0 Å². The summed E-state index contributed by atoms with van der Waals surface area (Å²) in [5.74, 6) is 0.296. The molecule has 1 aliphatic rings. The molecule has 25 heavy (non-hydrogen) atoms. The molecular formula is C15H19F3N6O. The van der Waals surface area contributed by atoms with E-state index in [1.165, 1.54) is 0 Å². The van der Waals surface area contributed by atoms with Gasteiger partial charge in [-0.1, -0.05) is 0 Å². The second-order valence-electron chi connectivity index (χ2n) is 5.92. The first-order valence-electron chi connectivity index (χ1n) is 8.02. The molecule has 0 amide bonds. The number of alkyl halides is 3. The number of hydrogen-bond acceptors (Lipinski definition) is 6. The van der Waals surface area contributed by atoms with Crippen LogP contribution >= 0.6 is 0 Å². The molecule has 1 aliphatic carbocycles. The fourth-order valence-corrected chi connectivity index (χ4v) is 2.37. The molecule has 0 spiro atoms. The van der Waals surface area contributed by atoms with Crippen molar-refractivity contribution in [2.75, 3.05) is 17.2 Å². The molecule has 1 saturated carbocycles. The number of rotatable bonds is 6. The van der Waals surface area contributed by atoms with Crippen LogP contribution in [0.25, 0.3) is 0 Å². The lowest BCUT2D eigenvalue weighted by Crippen LogP contribution is -2.14. The Balaban J connectivity index is 1.91. The fourth-order valence-electron chi connectivity index (χ4n) is 2.37. The van der Waals surface area contributed by atoms with E-state index < -0.39 is 17.8 Å². The molecule has 7 nitrogen and oxygen atoms in total. The molecule has 2 heterocycles. The van der Waals surface area contributed by atoms with Crippen LogP contribution in [0.15, 0.2) is 12.3 Å². The molecule has 1 fully saturated rings. The van der Waals surface area contributed by atoms with Gasteiger partial charge in [-0.15, -0.1) is 0 Å². The van der Waals surface area contributed by atoms with Gasteiger partial charge < -0.3 is 15.7 Å². The minimum absolute atomic E-state index is 0.0305.